The van der Waals surface area contributed by atoms with Gasteiger partial charge in [0.25, 0.3) is 0 Å². The van der Waals surface area contributed by atoms with Gasteiger partial charge < -0.3 is 17.0 Å². The first-order valence-electron chi connectivity index (χ1n) is 9.54. The van der Waals surface area contributed by atoms with Gasteiger partial charge in [-0.1, -0.05) is 54.6 Å². The number of halogens is 2. The normalized spacial score (nSPS) is 10.8. The van der Waals surface area contributed by atoms with Crippen molar-refractivity contribution in [3.8, 4) is 0 Å². The van der Waals surface area contributed by atoms with E-state index in [0.29, 0.717) is 11.7 Å². The van der Waals surface area contributed by atoms with Crippen molar-refractivity contribution in [1.29, 1.82) is 0 Å². The van der Waals surface area contributed by atoms with Gasteiger partial charge in [-0.15, -0.1) is 0 Å². The molecular weight excluding hydrogens is 458 g/mol. The van der Waals surface area contributed by atoms with Gasteiger partial charge >= 0.3 is 0 Å². The SMILES string of the molecule is O=C(C[P+](c1ccccc1)(c1ccccc1)c1ccccc1)c1ccc(F)cc1.[Br-]. The molecule has 1 nitrogen and oxygen atoms in total. The van der Waals surface area contributed by atoms with Crippen LogP contribution in [0.2, 0.25) is 0 Å². The highest BCUT2D eigenvalue weighted by molar-refractivity contribution is 7.96. The van der Waals surface area contributed by atoms with E-state index in [1.54, 1.807) is 12.1 Å². The van der Waals surface area contributed by atoms with E-state index in [-0.39, 0.29) is 28.6 Å². The predicted octanol–water partition coefficient (Wildman–Crippen LogP) is 2.01. The van der Waals surface area contributed by atoms with Crippen LogP contribution in [0.1, 0.15) is 10.4 Å². The third-order valence-electron chi connectivity index (χ3n) is 5.14. The molecule has 0 aliphatic rings. The summed E-state index contributed by atoms with van der Waals surface area (Å²) in [5.41, 5.74) is 0.540. The molecule has 0 bridgehead atoms. The Kier molecular flexibility index (Phi) is 7.31. The predicted molar refractivity (Wildman–Crippen MR) is 121 cm³/mol. The topological polar surface area (TPSA) is 17.1 Å². The van der Waals surface area contributed by atoms with Crippen LogP contribution in [0.4, 0.5) is 4.39 Å². The summed E-state index contributed by atoms with van der Waals surface area (Å²) in [4.78, 5) is 13.4. The monoisotopic (exact) mass is 478 g/mol. The van der Waals surface area contributed by atoms with Gasteiger partial charge in [-0.2, -0.15) is 0 Å². The Labute approximate surface area is 187 Å². The fourth-order valence-corrected chi connectivity index (χ4v) is 7.81. The van der Waals surface area contributed by atoms with E-state index in [0.717, 1.165) is 15.9 Å². The zero-order chi connectivity index (χ0) is 20.1. The van der Waals surface area contributed by atoms with E-state index in [1.807, 2.05) is 54.6 Å². The minimum atomic E-state index is -2.23. The molecule has 4 rings (SSSR count). The summed E-state index contributed by atoms with van der Waals surface area (Å²) in [5.74, 6) is -0.313. The summed E-state index contributed by atoms with van der Waals surface area (Å²) in [6, 6.07) is 36.7. The molecule has 30 heavy (non-hydrogen) atoms. The second-order valence-electron chi connectivity index (χ2n) is 6.90. The Hall–Kier alpha value is -2.61. The highest BCUT2D eigenvalue weighted by Gasteiger charge is 2.47. The lowest BCUT2D eigenvalue weighted by Crippen LogP contribution is -3.00. The van der Waals surface area contributed by atoms with E-state index in [4.69, 9.17) is 0 Å². The van der Waals surface area contributed by atoms with Gasteiger partial charge in [0.05, 0.1) is 0 Å². The van der Waals surface area contributed by atoms with Crippen LogP contribution in [0.5, 0.6) is 0 Å². The summed E-state index contributed by atoms with van der Waals surface area (Å²) in [7, 11) is -2.23. The smallest absolute Gasteiger partial charge is 0.201 e. The number of Topliss-reactive ketones (excluding diaryl/α,β-unsaturated/α-hetero) is 1. The Balaban J connectivity index is 0.00000256. The first-order chi connectivity index (χ1) is 14.2. The van der Waals surface area contributed by atoms with Crippen LogP contribution >= 0.6 is 7.26 Å². The summed E-state index contributed by atoms with van der Waals surface area (Å²) in [5, 5.41) is 3.48. The number of benzene rings is 4. The number of hydrogen-bond donors (Lipinski definition) is 0. The van der Waals surface area contributed by atoms with Crippen LogP contribution < -0.4 is 32.9 Å². The summed E-state index contributed by atoms with van der Waals surface area (Å²) in [6.07, 6.45) is 0.358. The van der Waals surface area contributed by atoms with Gasteiger partial charge in [0.2, 0.25) is 5.78 Å². The summed E-state index contributed by atoms with van der Waals surface area (Å²) < 4.78 is 13.4. The molecular formula is C26H21BrFOP. The minimum Gasteiger partial charge on any atom is -1.00 e. The van der Waals surface area contributed by atoms with E-state index in [2.05, 4.69) is 36.4 Å². The van der Waals surface area contributed by atoms with Crippen LogP contribution in [0, 0.1) is 5.82 Å². The van der Waals surface area contributed by atoms with Gasteiger partial charge in [-0.05, 0) is 60.7 Å². The molecule has 0 atom stereocenters. The van der Waals surface area contributed by atoms with Crippen molar-refractivity contribution in [2.24, 2.45) is 0 Å². The molecule has 0 saturated heterocycles. The van der Waals surface area contributed by atoms with Crippen molar-refractivity contribution >= 4 is 29.0 Å². The molecule has 0 heterocycles. The van der Waals surface area contributed by atoms with Crippen molar-refractivity contribution in [3.63, 3.8) is 0 Å². The Bertz CT molecular complexity index is 988. The number of carbonyl (C=O) groups is 1. The molecule has 0 unspecified atom stereocenters. The lowest BCUT2D eigenvalue weighted by Gasteiger charge is -2.27. The summed E-state index contributed by atoms with van der Waals surface area (Å²) >= 11 is 0. The van der Waals surface area contributed by atoms with Crippen molar-refractivity contribution in [2.45, 2.75) is 0 Å². The molecule has 0 aromatic heterocycles. The van der Waals surface area contributed by atoms with Crippen molar-refractivity contribution in [2.75, 3.05) is 6.16 Å². The van der Waals surface area contributed by atoms with Crippen LogP contribution in [-0.4, -0.2) is 11.9 Å². The largest absolute Gasteiger partial charge is 1.00 e. The van der Waals surface area contributed by atoms with Crippen LogP contribution in [-0.2, 0) is 0 Å². The molecule has 4 aromatic carbocycles. The average molecular weight is 479 g/mol. The molecule has 0 aliphatic heterocycles. The third-order valence-corrected chi connectivity index (χ3v) is 9.44. The molecule has 0 radical (unpaired) electrons. The van der Waals surface area contributed by atoms with Gasteiger partial charge in [0.1, 0.15) is 35.2 Å². The fraction of sp³-hybridized carbons (Fsp3) is 0.0385. The van der Waals surface area contributed by atoms with Crippen LogP contribution in [0.15, 0.2) is 115 Å². The molecule has 0 saturated carbocycles. The maximum absolute atomic E-state index is 13.4. The van der Waals surface area contributed by atoms with Crippen LogP contribution in [0.25, 0.3) is 0 Å². The first-order valence-corrected chi connectivity index (χ1v) is 11.5. The number of carbonyl (C=O) groups excluding carboxylic acids is 1. The maximum atomic E-state index is 13.4. The third kappa shape index (κ3) is 4.43. The van der Waals surface area contributed by atoms with Crippen molar-refractivity contribution in [3.05, 3.63) is 127 Å². The van der Waals surface area contributed by atoms with E-state index in [1.165, 1.54) is 12.1 Å². The number of rotatable bonds is 6. The van der Waals surface area contributed by atoms with Gasteiger partial charge in [-0.3, -0.25) is 4.79 Å². The van der Waals surface area contributed by atoms with Gasteiger partial charge in [0, 0.05) is 5.56 Å². The molecule has 150 valence electrons. The standard InChI is InChI=1S/C26H21FOP.BrH/c27-22-18-16-21(17-19-22)26(28)20-29(23-10-4-1-5-11-23,24-12-6-2-7-13-24)25-14-8-3-9-15-25;/h1-19H,20H2;1H/q+1;/p-1. The molecule has 0 fully saturated rings. The van der Waals surface area contributed by atoms with Gasteiger partial charge in [-0.25, -0.2) is 4.39 Å². The number of ketones is 1. The highest BCUT2D eigenvalue weighted by Crippen LogP contribution is 2.55. The zero-order valence-corrected chi connectivity index (χ0v) is 18.8. The Morgan fingerprint density at radius 1 is 0.600 bits per heavy atom. The van der Waals surface area contributed by atoms with E-state index >= 15 is 0 Å². The Morgan fingerprint density at radius 3 is 1.33 bits per heavy atom. The summed E-state index contributed by atoms with van der Waals surface area (Å²) in [6.45, 7) is 0. The minimum absolute atomic E-state index is 0. The van der Waals surface area contributed by atoms with Crippen molar-refractivity contribution < 1.29 is 26.2 Å². The lowest BCUT2D eigenvalue weighted by atomic mass is 10.1. The maximum Gasteiger partial charge on any atom is 0.201 e. The molecule has 0 N–H and O–H groups in total. The fourth-order valence-electron chi connectivity index (χ4n) is 3.71. The van der Waals surface area contributed by atoms with Crippen LogP contribution in [0.3, 0.4) is 0 Å². The quantitative estimate of drug-likeness (QED) is 0.306. The van der Waals surface area contributed by atoms with E-state index < -0.39 is 7.26 Å². The van der Waals surface area contributed by atoms with Crippen molar-refractivity contribution in [1.82, 2.24) is 0 Å². The molecule has 0 amide bonds. The number of hydrogen-bond acceptors (Lipinski definition) is 1. The molecule has 4 aromatic rings. The average Bonchev–Trinajstić information content (AvgIpc) is 2.79. The lowest BCUT2D eigenvalue weighted by molar-refractivity contribution is -0.0000140. The second kappa shape index (κ2) is 9.93. The zero-order valence-electron chi connectivity index (χ0n) is 16.3. The van der Waals surface area contributed by atoms with Gasteiger partial charge in [0.15, 0.2) is 0 Å². The Morgan fingerprint density at radius 2 is 0.967 bits per heavy atom. The van der Waals surface area contributed by atoms with E-state index in [9.17, 15) is 9.18 Å². The molecule has 4 heteroatoms. The molecule has 0 spiro atoms. The molecule has 0 aliphatic carbocycles. The first kappa shape index (κ1) is 22.1. The second-order valence-corrected chi connectivity index (χ2v) is 10.4. The highest BCUT2D eigenvalue weighted by atomic mass is 79.9.